The van der Waals surface area contributed by atoms with Gasteiger partial charge >= 0.3 is 0 Å². The van der Waals surface area contributed by atoms with Crippen LogP contribution in [0.25, 0.3) is 0 Å². The molecule has 3 nitrogen and oxygen atoms in total. The van der Waals surface area contributed by atoms with Gasteiger partial charge in [-0.15, -0.1) is 0 Å². The van der Waals surface area contributed by atoms with E-state index in [2.05, 4.69) is 5.32 Å². The number of methoxy groups -OCH3 is 2. The van der Waals surface area contributed by atoms with Crippen molar-refractivity contribution >= 4 is 0 Å². The highest BCUT2D eigenvalue weighted by atomic mass is 19.1. The van der Waals surface area contributed by atoms with E-state index in [1.165, 1.54) is 13.2 Å². The molecule has 1 saturated heterocycles. The molecule has 0 spiro atoms. The number of benzene rings is 1. The minimum absolute atomic E-state index is 0.191. The van der Waals surface area contributed by atoms with Gasteiger partial charge in [0.25, 0.3) is 0 Å². The van der Waals surface area contributed by atoms with Crippen LogP contribution in [-0.4, -0.2) is 20.8 Å². The zero-order valence-corrected chi connectivity index (χ0v) is 10.3. The van der Waals surface area contributed by atoms with Gasteiger partial charge in [-0.1, -0.05) is 0 Å². The van der Waals surface area contributed by atoms with Crippen LogP contribution in [0.4, 0.5) is 4.39 Å². The fourth-order valence-electron chi connectivity index (χ4n) is 2.35. The fraction of sp³-hybridized carbons (Fsp3) is 0.538. The molecule has 0 radical (unpaired) electrons. The lowest BCUT2D eigenvalue weighted by Crippen LogP contribution is -2.15. The van der Waals surface area contributed by atoms with Crippen LogP contribution in [0.15, 0.2) is 12.1 Å². The zero-order valence-electron chi connectivity index (χ0n) is 10.3. The van der Waals surface area contributed by atoms with E-state index in [1.54, 1.807) is 7.11 Å². The molecule has 1 fully saturated rings. The van der Waals surface area contributed by atoms with Gasteiger partial charge in [0.15, 0.2) is 11.6 Å². The lowest BCUT2D eigenvalue weighted by molar-refractivity contribution is 0.184. The van der Waals surface area contributed by atoms with Crippen LogP contribution in [0.3, 0.4) is 0 Å². The van der Waals surface area contributed by atoms with Crippen LogP contribution < -0.4 is 10.1 Å². The first-order valence-electron chi connectivity index (χ1n) is 5.85. The average Bonchev–Trinajstić information content (AvgIpc) is 2.82. The summed E-state index contributed by atoms with van der Waals surface area (Å²) in [6.45, 7) is 1.39. The second-order valence-corrected chi connectivity index (χ2v) is 4.28. The van der Waals surface area contributed by atoms with Gasteiger partial charge in [0.2, 0.25) is 0 Å². The summed E-state index contributed by atoms with van der Waals surface area (Å²) < 4.78 is 24.1. The van der Waals surface area contributed by atoms with Crippen molar-refractivity contribution in [1.29, 1.82) is 0 Å². The normalized spacial score (nSPS) is 19.6. The van der Waals surface area contributed by atoms with Crippen molar-refractivity contribution in [2.45, 2.75) is 25.5 Å². The number of halogens is 1. The Kier molecular flexibility index (Phi) is 3.97. The highest BCUT2D eigenvalue weighted by Gasteiger charge is 2.22. The molecule has 1 aromatic carbocycles. The highest BCUT2D eigenvalue weighted by molar-refractivity contribution is 5.41. The predicted octanol–water partition coefficient (Wildman–Crippen LogP) is 2.41. The fourth-order valence-corrected chi connectivity index (χ4v) is 2.35. The third kappa shape index (κ3) is 2.58. The van der Waals surface area contributed by atoms with E-state index < -0.39 is 0 Å². The van der Waals surface area contributed by atoms with E-state index in [4.69, 9.17) is 9.47 Å². The number of rotatable bonds is 4. The van der Waals surface area contributed by atoms with Crippen LogP contribution >= 0.6 is 0 Å². The molecule has 17 heavy (non-hydrogen) atoms. The number of nitrogens with one attached hydrogen (secondary N) is 1. The van der Waals surface area contributed by atoms with Crippen LogP contribution in [0.5, 0.6) is 5.75 Å². The molecule has 1 aliphatic heterocycles. The summed E-state index contributed by atoms with van der Waals surface area (Å²) in [5.74, 6) is 0.0370. The van der Waals surface area contributed by atoms with E-state index in [0.29, 0.717) is 12.4 Å². The minimum atomic E-state index is -0.314. The van der Waals surface area contributed by atoms with E-state index in [-0.39, 0.29) is 11.9 Å². The molecule has 94 valence electrons. The van der Waals surface area contributed by atoms with Crippen molar-refractivity contribution in [2.24, 2.45) is 0 Å². The van der Waals surface area contributed by atoms with E-state index in [0.717, 1.165) is 30.5 Å². The number of hydrogen-bond acceptors (Lipinski definition) is 3. The van der Waals surface area contributed by atoms with Crippen molar-refractivity contribution in [1.82, 2.24) is 5.32 Å². The number of hydrogen-bond donors (Lipinski definition) is 1. The van der Waals surface area contributed by atoms with E-state index in [9.17, 15) is 4.39 Å². The van der Waals surface area contributed by atoms with Crippen LogP contribution in [0.1, 0.15) is 30.0 Å². The molecular weight excluding hydrogens is 221 g/mol. The monoisotopic (exact) mass is 239 g/mol. The SMILES string of the molecule is COCc1cc(F)c(OC)c(C2CCCN2)c1. The molecule has 0 amide bonds. The third-order valence-corrected chi connectivity index (χ3v) is 3.08. The largest absolute Gasteiger partial charge is 0.493 e. The second kappa shape index (κ2) is 5.47. The zero-order chi connectivity index (χ0) is 12.3. The summed E-state index contributed by atoms with van der Waals surface area (Å²) in [5.41, 5.74) is 1.74. The third-order valence-electron chi connectivity index (χ3n) is 3.08. The maximum Gasteiger partial charge on any atom is 0.165 e. The molecule has 0 bridgehead atoms. The highest BCUT2D eigenvalue weighted by Crippen LogP contribution is 2.34. The summed E-state index contributed by atoms with van der Waals surface area (Å²) in [7, 11) is 3.11. The Bertz CT molecular complexity index is 389. The summed E-state index contributed by atoms with van der Waals surface area (Å²) in [6.07, 6.45) is 2.14. The minimum Gasteiger partial charge on any atom is -0.493 e. The molecule has 1 aromatic rings. The van der Waals surface area contributed by atoms with Gasteiger partial charge < -0.3 is 14.8 Å². The van der Waals surface area contributed by atoms with Crippen molar-refractivity contribution in [3.05, 3.63) is 29.1 Å². The summed E-state index contributed by atoms with van der Waals surface area (Å²) in [5, 5.41) is 3.36. The lowest BCUT2D eigenvalue weighted by atomic mass is 10.0. The van der Waals surface area contributed by atoms with Crippen LogP contribution in [0.2, 0.25) is 0 Å². The quantitative estimate of drug-likeness (QED) is 0.875. The predicted molar refractivity (Wildman–Crippen MR) is 63.6 cm³/mol. The molecule has 0 aromatic heterocycles. The first-order valence-corrected chi connectivity index (χ1v) is 5.85. The van der Waals surface area contributed by atoms with Crippen molar-refractivity contribution in [3.63, 3.8) is 0 Å². The van der Waals surface area contributed by atoms with Crippen LogP contribution in [-0.2, 0) is 11.3 Å². The van der Waals surface area contributed by atoms with Gasteiger partial charge in [0.1, 0.15) is 0 Å². The first-order chi connectivity index (χ1) is 8.26. The molecule has 1 N–H and O–H groups in total. The topological polar surface area (TPSA) is 30.5 Å². The molecule has 1 atom stereocenters. The van der Waals surface area contributed by atoms with Gasteiger partial charge in [-0.2, -0.15) is 0 Å². The van der Waals surface area contributed by atoms with Gasteiger partial charge in [-0.05, 0) is 37.1 Å². The molecule has 2 rings (SSSR count). The van der Waals surface area contributed by atoms with Gasteiger partial charge in [0, 0.05) is 18.7 Å². The smallest absolute Gasteiger partial charge is 0.165 e. The average molecular weight is 239 g/mol. The summed E-state index contributed by atoms with van der Waals surface area (Å²) in [4.78, 5) is 0. The maximum atomic E-state index is 13.9. The molecule has 1 unspecified atom stereocenters. The lowest BCUT2D eigenvalue weighted by Gasteiger charge is -2.17. The maximum absolute atomic E-state index is 13.9. The first kappa shape index (κ1) is 12.3. The molecule has 0 aliphatic carbocycles. The Hall–Kier alpha value is -1.13. The van der Waals surface area contributed by atoms with Crippen LogP contribution in [0, 0.1) is 5.82 Å². The Morgan fingerprint density at radius 1 is 1.41 bits per heavy atom. The standard InChI is InChI=1S/C13H18FNO2/c1-16-8-9-6-10(12-4-3-5-15-12)13(17-2)11(14)7-9/h6-7,12,15H,3-5,8H2,1-2H3. The summed E-state index contributed by atoms with van der Waals surface area (Å²) in [6, 6.07) is 3.63. The molecule has 1 aliphatic rings. The molecule has 1 heterocycles. The molecule has 0 saturated carbocycles. The van der Waals surface area contributed by atoms with E-state index in [1.807, 2.05) is 6.07 Å². The summed E-state index contributed by atoms with van der Waals surface area (Å²) >= 11 is 0. The Morgan fingerprint density at radius 3 is 2.82 bits per heavy atom. The molecule has 4 heteroatoms. The van der Waals surface area contributed by atoms with Crippen molar-refractivity contribution in [2.75, 3.05) is 20.8 Å². The Morgan fingerprint density at radius 2 is 2.24 bits per heavy atom. The van der Waals surface area contributed by atoms with Gasteiger partial charge in [-0.25, -0.2) is 4.39 Å². The van der Waals surface area contributed by atoms with Gasteiger partial charge in [0.05, 0.1) is 13.7 Å². The number of ether oxygens (including phenoxy) is 2. The van der Waals surface area contributed by atoms with E-state index >= 15 is 0 Å². The van der Waals surface area contributed by atoms with Crippen molar-refractivity contribution < 1.29 is 13.9 Å². The Labute approximate surface area is 101 Å². The van der Waals surface area contributed by atoms with Crippen molar-refractivity contribution in [3.8, 4) is 5.75 Å². The Balaban J connectivity index is 2.37. The second-order valence-electron chi connectivity index (χ2n) is 4.28. The molecular formula is C13H18FNO2. The van der Waals surface area contributed by atoms with Gasteiger partial charge in [-0.3, -0.25) is 0 Å².